The van der Waals surface area contributed by atoms with E-state index in [4.69, 9.17) is 14.2 Å². The number of aliphatic hydroxyl groups is 1. The highest BCUT2D eigenvalue weighted by Crippen LogP contribution is 2.52. The van der Waals surface area contributed by atoms with Crippen LogP contribution in [0.1, 0.15) is 52.5 Å². The van der Waals surface area contributed by atoms with E-state index in [1.165, 1.54) is 6.08 Å². The topological polar surface area (TPSA) is 71.6 Å². The van der Waals surface area contributed by atoms with Crippen molar-refractivity contribution in [2.24, 2.45) is 11.8 Å². The number of aliphatic hydroxyl groups excluding tert-OH is 1. The average Bonchev–Trinajstić information content (AvgIpc) is 3.53. The van der Waals surface area contributed by atoms with Crippen LogP contribution in [-0.2, 0) is 19.0 Å². The molecule has 2 saturated heterocycles. The Morgan fingerprint density at radius 2 is 1.93 bits per heavy atom. The highest BCUT2D eigenvalue weighted by molar-refractivity contribution is 5.87. The number of esters is 1. The lowest BCUT2D eigenvalue weighted by Crippen LogP contribution is -2.45. The Labute approximate surface area is 173 Å². The van der Waals surface area contributed by atoms with Gasteiger partial charge in [0.05, 0.1) is 23.4 Å². The first-order valence-corrected chi connectivity index (χ1v) is 10.7. The number of carbonyl (C=O) groups is 1. The molecule has 1 aromatic rings. The Balaban J connectivity index is 1.54. The van der Waals surface area contributed by atoms with Crippen LogP contribution in [0.15, 0.2) is 36.4 Å². The number of benzene rings is 1. The number of ether oxygens (including phenoxy) is 3. The maximum absolute atomic E-state index is 12.6. The second-order valence-corrected chi connectivity index (χ2v) is 9.54. The zero-order valence-corrected chi connectivity index (χ0v) is 17.7. The predicted octanol–water partition coefficient (Wildman–Crippen LogP) is 3.74. The lowest BCUT2D eigenvalue weighted by atomic mass is 9.76. The minimum Gasteiger partial charge on any atom is -0.459 e. The minimum atomic E-state index is -0.671. The van der Waals surface area contributed by atoms with E-state index in [9.17, 15) is 9.90 Å². The summed E-state index contributed by atoms with van der Waals surface area (Å²) in [6.45, 7) is 8.27. The lowest BCUT2D eigenvalue weighted by molar-refractivity contribution is -0.152. The quantitative estimate of drug-likeness (QED) is 0.474. The Hall–Kier alpha value is -1.69. The van der Waals surface area contributed by atoms with Crippen molar-refractivity contribution in [3.05, 3.63) is 42.0 Å². The normalized spacial score (nSPS) is 41.5. The van der Waals surface area contributed by atoms with Crippen LogP contribution in [-0.4, -0.2) is 46.7 Å². The van der Waals surface area contributed by atoms with Gasteiger partial charge in [-0.1, -0.05) is 44.2 Å². The van der Waals surface area contributed by atoms with Gasteiger partial charge in [0.1, 0.15) is 12.2 Å². The molecule has 2 heterocycles. The second kappa shape index (κ2) is 7.53. The van der Waals surface area contributed by atoms with Gasteiger partial charge in [0, 0.05) is 18.4 Å². The molecule has 3 fully saturated rings. The summed E-state index contributed by atoms with van der Waals surface area (Å²) in [5.41, 5.74) is 0.327. The monoisotopic (exact) mass is 400 g/mol. The molecule has 5 nitrogen and oxygen atoms in total. The predicted molar refractivity (Wildman–Crippen MR) is 110 cm³/mol. The van der Waals surface area contributed by atoms with Crippen LogP contribution in [0.3, 0.4) is 0 Å². The molecule has 0 spiro atoms. The highest BCUT2D eigenvalue weighted by atomic mass is 16.6. The van der Waals surface area contributed by atoms with Gasteiger partial charge in [-0.3, -0.25) is 0 Å². The van der Waals surface area contributed by atoms with Gasteiger partial charge in [-0.2, -0.15) is 0 Å². The first-order chi connectivity index (χ1) is 13.7. The standard InChI is InChI=1S/C24H32O5/c1-15(2)20-17(27-19(25)11-10-16-8-6-5-7-9-16)14-24(4)18(28-24)12-13-23(3)22(29-23)21(20)26/h5-11,15,17-18,20-22,26H,12-14H2,1-4H3/b11-10+. The van der Waals surface area contributed by atoms with Gasteiger partial charge in [0.2, 0.25) is 0 Å². The molecular weight excluding hydrogens is 368 g/mol. The average molecular weight is 401 g/mol. The molecule has 1 saturated carbocycles. The molecule has 7 atom stereocenters. The molecule has 4 rings (SSSR count). The molecule has 5 heteroatoms. The van der Waals surface area contributed by atoms with E-state index >= 15 is 0 Å². The molecule has 0 amide bonds. The summed E-state index contributed by atoms with van der Waals surface area (Å²) in [6, 6.07) is 9.65. The fourth-order valence-electron chi connectivity index (χ4n) is 4.96. The number of carbonyl (C=O) groups excluding carboxylic acids is 1. The maximum atomic E-state index is 12.6. The first-order valence-electron chi connectivity index (χ1n) is 10.7. The van der Waals surface area contributed by atoms with Gasteiger partial charge in [-0.15, -0.1) is 0 Å². The fraction of sp³-hybridized carbons (Fsp3) is 0.625. The third-order valence-corrected chi connectivity index (χ3v) is 6.87. The molecule has 1 N–H and O–H groups in total. The molecule has 1 aliphatic carbocycles. The van der Waals surface area contributed by atoms with Gasteiger partial charge in [-0.05, 0) is 44.2 Å². The summed E-state index contributed by atoms with van der Waals surface area (Å²) < 4.78 is 17.9. The van der Waals surface area contributed by atoms with Crippen molar-refractivity contribution in [1.29, 1.82) is 0 Å². The van der Waals surface area contributed by atoms with Crippen LogP contribution in [0.5, 0.6) is 0 Å². The van der Waals surface area contributed by atoms with Gasteiger partial charge in [-0.25, -0.2) is 4.79 Å². The Morgan fingerprint density at radius 3 is 2.62 bits per heavy atom. The zero-order chi connectivity index (χ0) is 20.8. The Morgan fingerprint density at radius 1 is 1.21 bits per heavy atom. The van der Waals surface area contributed by atoms with E-state index in [1.807, 2.05) is 30.3 Å². The van der Waals surface area contributed by atoms with Crippen LogP contribution >= 0.6 is 0 Å². The summed E-state index contributed by atoms with van der Waals surface area (Å²) >= 11 is 0. The van der Waals surface area contributed by atoms with E-state index in [1.54, 1.807) is 6.08 Å². The minimum absolute atomic E-state index is 0.134. The molecular formula is C24H32O5. The first kappa shape index (κ1) is 20.6. The zero-order valence-electron chi connectivity index (χ0n) is 17.7. The van der Waals surface area contributed by atoms with Crippen molar-refractivity contribution in [3.8, 4) is 0 Å². The van der Waals surface area contributed by atoms with E-state index in [0.29, 0.717) is 6.42 Å². The number of epoxide rings is 2. The molecule has 3 aliphatic rings. The molecule has 1 aromatic carbocycles. The summed E-state index contributed by atoms with van der Waals surface area (Å²) in [6.07, 6.45) is 4.43. The van der Waals surface area contributed by atoms with Crippen LogP contribution < -0.4 is 0 Å². The van der Waals surface area contributed by atoms with Crippen molar-refractivity contribution in [1.82, 2.24) is 0 Å². The van der Waals surface area contributed by atoms with Crippen molar-refractivity contribution in [3.63, 3.8) is 0 Å². The molecule has 29 heavy (non-hydrogen) atoms. The summed E-state index contributed by atoms with van der Waals surface area (Å²) in [4.78, 5) is 12.6. The van der Waals surface area contributed by atoms with Gasteiger partial charge >= 0.3 is 5.97 Å². The number of rotatable bonds is 4. The van der Waals surface area contributed by atoms with Gasteiger partial charge in [0.25, 0.3) is 0 Å². The van der Waals surface area contributed by atoms with Crippen LogP contribution in [0, 0.1) is 11.8 Å². The third kappa shape index (κ3) is 4.27. The SMILES string of the molecule is CC(C)C1C(OC(=O)/C=C/c2ccccc2)CC2(C)OC2CCC2(C)OC2C1O. The van der Waals surface area contributed by atoms with E-state index in [-0.39, 0.29) is 35.2 Å². The molecule has 158 valence electrons. The largest absolute Gasteiger partial charge is 0.459 e. The molecule has 0 bridgehead atoms. The molecule has 7 unspecified atom stereocenters. The van der Waals surface area contributed by atoms with Crippen LogP contribution in [0.2, 0.25) is 0 Å². The van der Waals surface area contributed by atoms with Crippen molar-refractivity contribution in [2.75, 3.05) is 0 Å². The maximum Gasteiger partial charge on any atom is 0.331 e. The van der Waals surface area contributed by atoms with Gasteiger partial charge in [0.15, 0.2) is 0 Å². The highest BCUT2D eigenvalue weighted by Gasteiger charge is 2.63. The Bertz CT molecular complexity index is 775. The Kier molecular flexibility index (Phi) is 5.34. The van der Waals surface area contributed by atoms with Crippen LogP contribution in [0.4, 0.5) is 0 Å². The fourth-order valence-corrected chi connectivity index (χ4v) is 4.96. The number of hydrogen-bond donors (Lipinski definition) is 1. The molecule has 0 aromatic heterocycles. The van der Waals surface area contributed by atoms with Crippen molar-refractivity contribution < 1.29 is 24.1 Å². The molecule has 2 aliphatic heterocycles. The third-order valence-electron chi connectivity index (χ3n) is 6.87. The van der Waals surface area contributed by atoms with Gasteiger partial charge < -0.3 is 19.3 Å². The van der Waals surface area contributed by atoms with Crippen LogP contribution in [0.25, 0.3) is 6.08 Å². The van der Waals surface area contributed by atoms with E-state index < -0.39 is 18.2 Å². The molecule has 0 radical (unpaired) electrons. The number of hydrogen-bond acceptors (Lipinski definition) is 5. The van der Waals surface area contributed by atoms with E-state index in [0.717, 1.165) is 18.4 Å². The summed E-state index contributed by atoms with van der Waals surface area (Å²) in [5, 5.41) is 11.1. The summed E-state index contributed by atoms with van der Waals surface area (Å²) in [7, 11) is 0. The number of fused-ring (bicyclic) bond motifs is 2. The lowest BCUT2D eigenvalue weighted by Gasteiger charge is -2.34. The van der Waals surface area contributed by atoms with E-state index in [2.05, 4.69) is 27.7 Å². The van der Waals surface area contributed by atoms with Crippen molar-refractivity contribution in [2.45, 2.75) is 82.6 Å². The smallest absolute Gasteiger partial charge is 0.331 e. The summed E-state index contributed by atoms with van der Waals surface area (Å²) in [5.74, 6) is -0.473. The van der Waals surface area contributed by atoms with Crippen molar-refractivity contribution >= 4 is 12.0 Å². The second-order valence-electron chi connectivity index (χ2n) is 9.54.